The fraction of sp³-hybridized carbons (Fsp3) is 0.350. The van der Waals surface area contributed by atoms with Gasteiger partial charge >= 0.3 is 0 Å². The second-order valence-electron chi connectivity index (χ2n) is 6.44. The van der Waals surface area contributed by atoms with E-state index < -0.39 is 6.10 Å². The van der Waals surface area contributed by atoms with Gasteiger partial charge in [-0.3, -0.25) is 4.79 Å². The first kappa shape index (κ1) is 17.6. The number of methoxy groups -OCH3 is 1. The number of β-amino-alcohol motifs (C(OH)–C–C–N with tert-alkyl or cyclic N) is 1. The lowest BCUT2D eigenvalue weighted by atomic mass is 10.0. The van der Waals surface area contributed by atoms with Crippen LogP contribution in [0.15, 0.2) is 48.5 Å². The van der Waals surface area contributed by atoms with Gasteiger partial charge in [-0.25, -0.2) is 4.39 Å². The minimum atomic E-state index is -0.586. The molecule has 1 aliphatic heterocycles. The molecule has 1 amide bonds. The van der Waals surface area contributed by atoms with Gasteiger partial charge in [0.05, 0.1) is 25.2 Å². The van der Waals surface area contributed by atoms with Crippen LogP contribution in [0.25, 0.3) is 0 Å². The SMILES string of the molecule is COCc1cccc(CC(=O)N2C[C@H](O)C[C@@H]2c2cccc(F)c2)c1. The lowest BCUT2D eigenvalue weighted by Crippen LogP contribution is -2.33. The van der Waals surface area contributed by atoms with Crippen LogP contribution < -0.4 is 0 Å². The molecule has 1 aliphatic rings. The molecule has 132 valence electrons. The third-order valence-corrected chi connectivity index (χ3v) is 4.49. The molecule has 0 spiro atoms. The van der Waals surface area contributed by atoms with Crippen LogP contribution in [0.2, 0.25) is 0 Å². The summed E-state index contributed by atoms with van der Waals surface area (Å²) in [5, 5.41) is 10.0. The molecule has 3 rings (SSSR count). The van der Waals surface area contributed by atoms with Gasteiger partial charge in [0, 0.05) is 13.7 Å². The number of ether oxygens (including phenoxy) is 1. The smallest absolute Gasteiger partial charge is 0.227 e. The van der Waals surface area contributed by atoms with Crippen molar-refractivity contribution < 1.29 is 19.0 Å². The summed E-state index contributed by atoms with van der Waals surface area (Å²) in [4.78, 5) is 14.4. The predicted molar refractivity (Wildman–Crippen MR) is 92.3 cm³/mol. The molecule has 2 aromatic rings. The zero-order valence-corrected chi connectivity index (χ0v) is 14.2. The van der Waals surface area contributed by atoms with Gasteiger partial charge in [0.1, 0.15) is 5.82 Å². The minimum Gasteiger partial charge on any atom is -0.391 e. The molecule has 0 aliphatic carbocycles. The molecule has 1 N–H and O–H groups in total. The highest BCUT2D eigenvalue weighted by molar-refractivity contribution is 5.79. The Balaban J connectivity index is 1.76. The Morgan fingerprint density at radius 1 is 1.24 bits per heavy atom. The fourth-order valence-corrected chi connectivity index (χ4v) is 3.39. The molecule has 0 radical (unpaired) electrons. The molecule has 5 heteroatoms. The fourth-order valence-electron chi connectivity index (χ4n) is 3.39. The summed E-state index contributed by atoms with van der Waals surface area (Å²) in [6.45, 7) is 0.772. The summed E-state index contributed by atoms with van der Waals surface area (Å²) in [5.41, 5.74) is 2.63. The predicted octanol–water partition coefficient (Wildman–Crippen LogP) is 2.85. The third-order valence-electron chi connectivity index (χ3n) is 4.49. The first-order valence-corrected chi connectivity index (χ1v) is 8.36. The Bertz CT molecular complexity index is 749. The number of carbonyl (C=O) groups excluding carboxylic acids is 1. The van der Waals surface area contributed by atoms with Crippen molar-refractivity contribution in [2.75, 3.05) is 13.7 Å². The number of amides is 1. The number of benzene rings is 2. The molecule has 1 heterocycles. The molecule has 0 bridgehead atoms. The number of aliphatic hydroxyl groups is 1. The molecule has 1 saturated heterocycles. The van der Waals surface area contributed by atoms with Gasteiger partial charge in [-0.1, -0.05) is 36.4 Å². The van der Waals surface area contributed by atoms with Crippen molar-refractivity contribution in [3.8, 4) is 0 Å². The van der Waals surface area contributed by atoms with E-state index in [9.17, 15) is 14.3 Å². The van der Waals surface area contributed by atoms with Crippen LogP contribution in [-0.4, -0.2) is 35.7 Å². The minimum absolute atomic E-state index is 0.0691. The van der Waals surface area contributed by atoms with Crippen molar-refractivity contribution in [3.05, 3.63) is 71.0 Å². The highest BCUT2D eigenvalue weighted by Gasteiger charge is 2.35. The summed E-state index contributed by atoms with van der Waals surface area (Å²) >= 11 is 0. The van der Waals surface area contributed by atoms with Crippen molar-refractivity contribution in [1.29, 1.82) is 0 Å². The normalized spacial score (nSPS) is 20.0. The van der Waals surface area contributed by atoms with E-state index in [2.05, 4.69) is 0 Å². The van der Waals surface area contributed by atoms with Crippen molar-refractivity contribution in [2.24, 2.45) is 0 Å². The Morgan fingerprint density at radius 2 is 2.00 bits per heavy atom. The zero-order chi connectivity index (χ0) is 17.8. The quantitative estimate of drug-likeness (QED) is 0.908. The molecule has 2 aromatic carbocycles. The van der Waals surface area contributed by atoms with Crippen LogP contribution in [0.3, 0.4) is 0 Å². The van der Waals surface area contributed by atoms with Gasteiger partial charge in [0.15, 0.2) is 0 Å². The van der Waals surface area contributed by atoms with Crippen molar-refractivity contribution >= 4 is 5.91 Å². The highest BCUT2D eigenvalue weighted by atomic mass is 19.1. The number of hydrogen-bond acceptors (Lipinski definition) is 3. The second kappa shape index (κ2) is 7.76. The van der Waals surface area contributed by atoms with Gasteiger partial charge in [-0.05, 0) is 35.2 Å². The molecule has 4 nitrogen and oxygen atoms in total. The van der Waals surface area contributed by atoms with E-state index in [1.807, 2.05) is 24.3 Å². The van der Waals surface area contributed by atoms with E-state index in [1.54, 1.807) is 24.1 Å². The maximum absolute atomic E-state index is 13.5. The first-order valence-electron chi connectivity index (χ1n) is 8.36. The zero-order valence-electron chi connectivity index (χ0n) is 14.2. The number of aliphatic hydroxyl groups excluding tert-OH is 1. The Labute approximate surface area is 146 Å². The number of likely N-dealkylation sites (tertiary alicyclic amines) is 1. The van der Waals surface area contributed by atoms with Crippen molar-refractivity contribution in [3.63, 3.8) is 0 Å². The number of rotatable bonds is 5. The molecule has 0 aromatic heterocycles. The number of nitrogens with zero attached hydrogens (tertiary/aromatic N) is 1. The lowest BCUT2D eigenvalue weighted by molar-refractivity contribution is -0.131. The molecule has 25 heavy (non-hydrogen) atoms. The highest BCUT2D eigenvalue weighted by Crippen LogP contribution is 2.33. The molecule has 2 atom stereocenters. The summed E-state index contributed by atoms with van der Waals surface area (Å²) in [7, 11) is 1.63. The third kappa shape index (κ3) is 4.24. The topological polar surface area (TPSA) is 49.8 Å². The van der Waals surface area contributed by atoms with E-state index in [4.69, 9.17) is 4.74 Å². The first-order chi connectivity index (χ1) is 12.1. The molecular weight excluding hydrogens is 321 g/mol. The van der Waals surface area contributed by atoms with Gasteiger partial charge in [-0.2, -0.15) is 0 Å². The molecule has 0 unspecified atom stereocenters. The standard InChI is InChI=1S/C20H22FNO3/c1-25-13-15-5-2-4-14(8-15)9-20(24)22-12-18(23)11-19(22)16-6-3-7-17(21)10-16/h2-8,10,18-19,23H,9,11-13H2,1H3/t18-,19-/m1/s1. The van der Waals surface area contributed by atoms with Gasteiger partial charge < -0.3 is 14.7 Å². The molecular formula is C20H22FNO3. The van der Waals surface area contributed by atoms with Crippen LogP contribution in [0.1, 0.15) is 29.2 Å². The molecule has 1 fully saturated rings. The van der Waals surface area contributed by atoms with Gasteiger partial charge in [0.2, 0.25) is 5.91 Å². The van der Waals surface area contributed by atoms with Crippen LogP contribution >= 0.6 is 0 Å². The summed E-state index contributed by atoms with van der Waals surface area (Å²) in [6, 6.07) is 13.7. The number of hydrogen-bond donors (Lipinski definition) is 1. The molecule has 0 saturated carbocycles. The number of carbonyl (C=O) groups is 1. The average Bonchev–Trinajstić information content (AvgIpc) is 2.98. The number of halogens is 1. The van der Waals surface area contributed by atoms with Gasteiger partial charge in [0.25, 0.3) is 0 Å². The lowest BCUT2D eigenvalue weighted by Gasteiger charge is -2.25. The maximum atomic E-state index is 13.5. The summed E-state index contributed by atoms with van der Waals surface area (Å²) in [6.07, 6.45) is 0.0895. The van der Waals surface area contributed by atoms with E-state index in [-0.39, 0.29) is 30.7 Å². The van der Waals surface area contributed by atoms with Crippen LogP contribution in [0.5, 0.6) is 0 Å². The van der Waals surface area contributed by atoms with Crippen LogP contribution in [0.4, 0.5) is 4.39 Å². The summed E-state index contributed by atoms with van der Waals surface area (Å²) < 4.78 is 18.7. The van der Waals surface area contributed by atoms with E-state index in [0.29, 0.717) is 13.0 Å². The Kier molecular flexibility index (Phi) is 5.46. The second-order valence-corrected chi connectivity index (χ2v) is 6.44. The Hall–Kier alpha value is -2.24. The van der Waals surface area contributed by atoms with Crippen LogP contribution in [0, 0.1) is 5.82 Å². The largest absolute Gasteiger partial charge is 0.391 e. The van der Waals surface area contributed by atoms with Gasteiger partial charge in [-0.15, -0.1) is 0 Å². The summed E-state index contributed by atoms with van der Waals surface area (Å²) in [5.74, 6) is -0.404. The Morgan fingerprint density at radius 3 is 2.76 bits per heavy atom. The maximum Gasteiger partial charge on any atom is 0.227 e. The van der Waals surface area contributed by atoms with Crippen LogP contribution in [-0.2, 0) is 22.6 Å². The van der Waals surface area contributed by atoms with E-state index in [0.717, 1.165) is 16.7 Å². The van der Waals surface area contributed by atoms with Crippen molar-refractivity contribution in [1.82, 2.24) is 4.90 Å². The van der Waals surface area contributed by atoms with E-state index in [1.165, 1.54) is 12.1 Å². The van der Waals surface area contributed by atoms with Crippen molar-refractivity contribution in [2.45, 2.75) is 31.6 Å². The van der Waals surface area contributed by atoms with E-state index >= 15 is 0 Å². The average molecular weight is 343 g/mol. The monoisotopic (exact) mass is 343 g/mol.